The van der Waals surface area contributed by atoms with Crippen LogP contribution in [0.1, 0.15) is 37.6 Å². The number of hydrogen-bond acceptors (Lipinski definition) is 5. The standard InChI is InChI=1S/C18H19NO4S/c1-12-5-6-13(2)14(10-12)15(20)11-23-17(21)7-8-19-18(22)16-4-3-9-24-16/h3-6,9-10H,7-8,11H2,1-2H3,(H,19,22). The molecule has 2 aromatic rings. The Morgan fingerprint density at radius 1 is 1.17 bits per heavy atom. The van der Waals surface area contributed by atoms with Gasteiger partial charge in [-0.3, -0.25) is 14.4 Å². The van der Waals surface area contributed by atoms with Crippen molar-refractivity contribution in [3.8, 4) is 0 Å². The number of thiophene rings is 1. The van der Waals surface area contributed by atoms with Crippen LogP contribution in [0.3, 0.4) is 0 Å². The largest absolute Gasteiger partial charge is 0.457 e. The predicted octanol–water partition coefficient (Wildman–Crippen LogP) is 2.91. The van der Waals surface area contributed by atoms with Crippen molar-refractivity contribution in [1.82, 2.24) is 5.32 Å². The monoisotopic (exact) mass is 345 g/mol. The molecule has 0 aliphatic carbocycles. The van der Waals surface area contributed by atoms with Crippen molar-refractivity contribution < 1.29 is 19.1 Å². The number of ketones is 1. The molecule has 0 atom stereocenters. The molecule has 126 valence electrons. The van der Waals surface area contributed by atoms with E-state index in [2.05, 4.69) is 5.32 Å². The number of esters is 1. The molecule has 1 heterocycles. The van der Waals surface area contributed by atoms with Gasteiger partial charge in [0, 0.05) is 12.1 Å². The quantitative estimate of drug-likeness (QED) is 0.619. The fraction of sp³-hybridized carbons (Fsp3) is 0.278. The summed E-state index contributed by atoms with van der Waals surface area (Å²) in [5.41, 5.74) is 2.39. The van der Waals surface area contributed by atoms with Crippen LogP contribution in [0.15, 0.2) is 35.7 Å². The van der Waals surface area contributed by atoms with Crippen LogP contribution in [-0.4, -0.2) is 30.8 Å². The molecule has 0 unspecified atom stereocenters. The van der Waals surface area contributed by atoms with Gasteiger partial charge in [0.15, 0.2) is 6.61 Å². The molecule has 5 nitrogen and oxygen atoms in total. The van der Waals surface area contributed by atoms with Gasteiger partial charge in [-0.15, -0.1) is 11.3 Å². The van der Waals surface area contributed by atoms with E-state index in [1.807, 2.05) is 31.4 Å². The van der Waals surface area contributed by atoms with E-state index in [-0.39, 0.29) is 31.3 Å². The van der Waals surface area contributed by atoms with Crippen LogP contribution < -0.4 is 5.32 Å². The molecule has 2 rings (SSSR count). The lowest BCUT2D eigenvalue weighted by Gasteiger charge is -2.08. The zero-order valence-electron chi connectivity index (χ0n) is 13.6. The molecule has 0 spiro atoms. The molecule has 1 N–H and O–H groups in total. The molecule has 24 heavy (non-hydrogen) atoms. The first-order valence-corrected chi connectivity index (χ1v) is 8.43. The molecular formula is C18H19NO4S. The minimum absolute atomic E-state index is 0.0250. The number of carbonyl (C=O) groups excluding carboxylic acids is 3. The number of amides is 1. The number of Topliss-reactive ketones (excluding diaryl/α,β-unsaturated/α-hetero) is 1. The second kappa shape index (κ2) is 8.40. The van der Waals surface area contributed by atoms with E-state index < -0.39 is 5.97 Å². The summed E-state index contributed by atoms with van der Waals surface area (Å²) >= 11 is 1.33. The van der Waals surface area contributed by atoms with Crippen molar-refractivity contribution in [1.29, 1.82) is 0 Å². The van der Waals surface area contributed by atoms with Crippen LogP contribution in [0.4, 0.5) is 0 Å². The molecule has 0 fully saturated rings. The van der Waals surface area contributed by atoms with Gasteiger partial charge in [-0.2, -0.15) is 0 Å². The maximum absolute atomic E-state index is 12.1. The zero-order valence-corrected chi connectivity index (χ0v) is 14.4. The number of rotatable bonds is 7. The third kappa shape index (κ3) is 5.03. The summed E-state index contributed by atoms with van der Waals surface area (Å²) in [5.74, 6) is -0.962. The molecule has 0 saturated carbocycles. The molecule has 0 aliphatic rings. The van der Waals surface area contributed by atoms with E-state index >= 15 is 0 Å². The Hall–Kier alpha value is -2.47. The van der Waals surface area contributed by atoms with Crippen LogP contribution in [0.25, 0.3) is 0 Å². The highest BCUT2D eigenvalue weighted by Crippen LogP contribution is 2.12. The molecule has 1 aromatic carbocycles. The number of benzene rings is 1. The lowest BCUT2D eigenvalue weighted by molar-refractivity contribution is -0.142. The summed E-state index contributed by atoms with van der Waals surface area (Å²) < 4.78 is 4.99. The summed E-state index contributed by atoms with van der Waals surface area (Å²) in [7, 11) is 0. The zero-order chi connectivity index (χ0) is 17.5. The van der Waals surface area contributed by atoms with Crippen LogP contribution in [0.2, 0.25) is 0 Å². The Morgan fingerprint density at radius 3 is 2.67 bits per heavy atom. The van der Waals surface area contributed by atoms with Crippen LogP contribution >= 0.6 is 11.3 Å². The molecule has 0 radical (unpaired) electrons. The normalized spacial score (nSPS) is 10.2. The smallest absolute Gasteiger partial charge is 0.308 e. The molecule has 0 saturated heterocycles. The van der Waals surface area contributed by atoms with Crippen LogP contribution in [0, 0.1) is 13.8 Å². The van der Waals surface area contributed by atoms with Crippen molar-refractivity contribution in [2.75, 3.05) is 13.2 Å². The van der Waals surface area contributed by atoms with Crippen molar-refractivity contribution in [3.05, 3.63) is 57.3 Å². The summed E-state index contributed by atoms with van der Waals surface area (Å²) in [4.78, 5) is 36.1. The van der Waals surface area contributed by atoms with E-state index in [0.29, 0.717) is 10.4 Å². The van der Waals surface area contributed by atoms with Gasteiger partial charge in [-0.05, 0) is 36.9 Å². The predicted molar refractivity (Wildman–Crippen MR) is 92.5 cm³/mol. The molecular weight excluding hydrogens is 326 g/mol. The van der Waals surface area contributed by atoms with Crippen LogP contribution in [-0.2, 0) is 9.53 Å². The Labute approximate surface area is 144 Å². The first-order chi connectivity index (χ1) is 11.5. The highest BCUT2D eigenvalue weighted by Gasteiger charge is 2.13. The molecule has 1 aromatic heterocycles. The molecule has 0 bridgehead atoms. The van der Waals surface area contributed by atoms with Crippen molar-refractivity contribution >= 4 is 29.0 Å². The van der Waals surface area contributed by atoms with E-state index in [1.54, 1.807) is 18.2 Å². The number of aryl methyl sites for hydroxylation is 2. The lowest BCUT2D eigenvalue weighted by Crippen LogP contribution is -2.26. The fourth-order valence-corrected chi connectivity index (χ4v) is 2.75. The number of nitrogens with one attached hydrogen (secondary N) is 1. The molecule has 6 heteroatoms. The summed E-state index contributed by atoms with van der Waals surface area (Å²) in [5, 5.41) is 4.45. The Bertz CT molecular complexity index is 737. The van der Waals surface area contributed by atoms with Gasteiger partial charge in [0.25, 0.3) is 5.91 Å². The average molecular weight is 345 g/mol. The second-order valence-electron chi connectivity index (χ2n) is 5.39. The number of hydrogen-bond donors (Lipinski definition) is 1. The van der Waals surface area contributed by atoms with Gasteiger partial charge in [-0.1, -0.05) is 23.8 Å². The van der Waals surface area contributed by atoms with E-state index in [4.69, 9.17) is 4.74 Å². The maximum Gasteiger partial charge on any atom is 0.308 e. The lowest BCUT2D eigenvalue weighted by atomic mass is 10.0. The molecule has 0 aliphatic heterocycles. The molecule has 1 amide bonds. The first-order valence-electron chi connectivity index (χ1n) is 7.55. The highest BCUT2D eigenvalue weighted by atomic mass is 32.1. The van der Waals surface area contributed by atoms with E-state index in [0.717, 1.165) is 11.1 Å². The van der Waals surface area contributed by atoms with Gasteiger partial charge in [-0.25, -0.2) is 0 Å². The van der Waals surface area contributed by atoms with Gasteiger partial charge in [0.05, 0.1) is 11.3 Å². The number of ether oxygens (including phenoxy) is 1. The summed E-state index contributed by atoms with van der Waals surface area (Å²) in [6.45, 7) is 3.63. The fourth-order valence-electron chi connectivity index (χ4n) is 2.11. The van der Waals surface area contributed by atoms with Gasteiger partial charge >= 0.3 is 5.97 Å². The first kappa shape index (κ1) is 17.9. The van der Waals surface area contributed by atoms with Crippen LogP contribution in [0.5, 0.6) is 0 Å². The Morgan fingerprint density at radius 2 is 1.96 bits per heavy atom. The van der Waals surface area contributed by atoms with Crippen molar-refractivity contribution in [3.63, 3.8) is 0 Å². The number of carbonyl (C=O) groups is 3. The van der Waals surface area contributed by atoms with Gasteiger partial charge in [0.2, 0.25) is 5.78 Å². The summed E-state index contributed by atoms with van der Waals surface area (Å²) in [6, 6.07) is 9.07. The third-order valence-corrected chi connectivity index (χ3v) is 4.29. The Kier molecular flexibility index (Phi) is 6.26. The minimum Gasteiger partial charge on any atom is -0.457 e. The van der Waals surface area contributed by atoms with Gasteiger partial charge < -0.3 is 10.1 Å². The van der Waals surface area contributed by atoms with Crippen molar-refractivity contribution in [2.24, 2.45) is 0 Å². The SMILES string of the molecule is Cc1ccc(C)c(C(=O)COC(=O)CCNC(=O)c2cccs2)c1. The summed E-state index contributed by atoms with van der Waals surface area (Å²) in [6.07, 6.45) is 0.0250. The topological polar surface area (TPSA) is 72.5 Å². The highest BCUT2D eigenvalue weighted by molar-refractivity contribution is 7.12. The second-order valence-corrected chi connectivity index (χ2v) is 6.33. The van der Waals surface area contributed by atoms with E-state index in [9.17, 15) is 14.4 Å². The average Bonchev–Trinajstić information content (AvgIpc) is 3.09. The van der Waals surface area contributed by atoms with Gasteiger partial charge in [0.1, 0.15) is 0 Å². The third-order valence-electron chi connectivity index (χ3n) is 3.42. The Balaban J connectivity index is 1.74. The minimum atomic E-state index is -0.514. The van der Waals surface area contributed by atoms with Crippen molar-refractivity contribution in [2.45, 2.75) is 20.3 Å². The maximum atomic E-state index is 12.1. The van der Waals surface area contributed by atoms with E-state index in [1.165, 1.54) is 11.3 Å².